The fourth-order valence-electron chi connectivity index (χ4n) is 2.00. The van der Waals surface area contributed by atoms with Crippen LogP contribution in [-0.4, -0.2) is 18.7 Å². The lowest BCUT2D eigenvalue weighted by Crippen LogP contribution is -1.91. The van der Waals surface area contributed by atoms with Crippen LogP contribution in [0, 0.1) is 6.92 Å². The number of halogens is 1. The Morgan fingerprint density at radius 2 is 2.00 bits per heavy atom. The average Bonchev–Trinajstić information content (AvgIpc) is 2.91. The standard InChI is InChI=1S/C10H9IN4S.C2H6/c1-6-3-8-9-7(5-13-14(9)2)4-12-10(8)15(6)16-11;1-2/h3-5H,1-2H3;1-2H3. The quantitative estimate of drug-likeness (QED) is 0.602. The molecule has 18 heavy (non-hydrogen) atoms. The van der Waals surface area contributed by atoms with Gasteiger partial charge in [0.25, 0.3) is 0 Å². The summed E-state index contributed by atoms with van der Waals surface area (Å²) >= 11 is 2.27. The lowest BCUT2D eigenvalue weighted by atomic mass is 10.2. The molecule has 4 nitrogen and oxygen atoms in total. The van der Waals surface area contributed by atoms with Crippen molar-refractivity contribution in [3.63, 3.8) is 0 Å². The van der Waals surface area contributed by atoms with Crippen LogP contribution in [0.3, 0.4) is 0 Å². The molecule has 0 spiro atoms. The minimum Gasteiger partial charge on any atom is -0.267 e. The second-order valence-electron chi connectivity index (χ2n) is 3.72. The van der Waals surface area contributed by atoms with Crippen molar-refractivity contribution in [2.24, 2.45) is 7.05 Å². The smallest absolute Gasteiger partial charge is 0.152 e. The maximum absolute atomic E-state index is 4.50. The van der Waals surface area contributed by atoms with E-state index in [1.165, 1.54) is 11.1 Å². The highest BCUT2D eigenvalue weighted by Crippen LogP contribution is 2.30. The maximum atomic E-state index is 4.50. The zero-order valence-electron chi connectivity index (χ0n) is 10.8. The molecule has 0 aromatic carbocycles. The molecule has 3 rings (SSSR count). The van der Waals surface area contributed by atoms with Crippen LogP contribution in [0.1, 0.15) is 19.5 Å². The van der Waals surface area contributed by atoms with Crippen LogP contribution in [0.5, 0.6) is 0 Å². The van der Waals surface area contributed by atoms with Crippen molar-refractivity contribution in [2.45, 2.75) is 20.8 Å². The average molecular weight is 374 g/mol. The molecular weight excluding hydrogens is 359 g/mol. The van der Waals surface area contributed by atoms with Crippen molar-refractivity contribution in [1.29, 1.82) is 0 Å². The highest BCUT2D eigenvalue weighted by molar-refractivity contribution is 14.2. The maximum Gasteiger partial charge on any atom is 0.152 e. The Bertz CT molecular complexity index is 686. The molecule has 0 N–H and O–H groups in total. The van der Waals surface area contributed by atoms with Crippen molar-refractivity contribution >= 4 is 52.3 Å². The molecule has 3 heterocycles. The van der Waals surface area contributed by atoms with E-state index in [2.05, 4.69) is 48.3 Å². The number of hydrogen-bond acceptors (Lipinski definition) is 3. The summed E-state index contributed by atoms with van der Waals surface area (Å²) in [5.74, 6) is 0. The van der Waals surface area contributed by atoms with E-state index in [0.29, 0.717) is 0 Å². The number of hydrogen-bond donors (Lipinski definition) is 0. The van der Waals surface area contributed by atoms with Gasteiger partial charge in [0.1, 0.15) is 0 Å². The Hall–Kier alpha value is -0.760. The zero-order valence-corrected chi connectivity index (χ0v) is 13.8. The lowest BCUT2D eigenvalue weighted by molar-refractivity contribution is 0.799. The van der Waals surface area contributed by atoms with Gasteiger partial charge in [-0.2, -0.15) is 5.10 Å². The summed E-state index contributed by atoms with van der Waals surface area (Å²) in [7, 11) is 3.61. The number of pyridine rings is 1. The van der Waals surface area contributed by atoms with Crippen molar-refractivity contribution in [3.05, 3.63) is 24.2 Å². The highest BCUT2D eigenvalue weighted by atomic mass is 127. The van der Waals surface area contributed by atoms with Gasteiger partial charge < -0.3 is 0 Å². The molecule has 0 fully saturated rings. The lowest BCUT2D eigenvalue weighted by Gasteiger charge is -2.00. The predicted octanol–water partition coefficient (Wildman–Crippen LogP) is 4.10. The van der Waals surface area contributed by atoms with E-state index in [1.54, 1.807) is 9.12 Å². The van der Waals surface area contributed by atoms with E-state index in [-0.39, 0.29) is 0 Å². The number of aromatic nitrogens is 4. The van der Waals surface area contributed by atoms with Gasteiger partial charge in [0.05, 0.1) is 11.7 Å². The normalized spacial score (nSPS) is 10.7. The molecule has 3 aromatic heterocycles. The largest absolute Gasteiger partial charge is 0.267 e. The minimum absolute atomic E-state index is 1.01. The topological polar surface area (TPSA) is 35.6 Å². The third-order valence-electron chi connectivity index (χ3n) is 2.72. The van der Waals surface area contributed by atoms with E-state index in [4.69, 9.17) is 0 Å². The molecule has 0 bridgehead atoms. The monoisotopic (exact) mass is 374 g/mol. The first-order valence-electron chi connectivity index (χ1n) is 5.80. The Morgan fingerprint density at radius 3 is 2.67 bits per heavy atom. The zero-order chi connectivity index (χ0) is 13.3. The fraction of sp³-hybridized carbons (Fsp3) is 0.333. The Morgan fingerprint density at radius 1 is 1.28 bits per heavy atom. The third kappa shape index (κ3) is 2.01. The number of fused-ring (bicyclic) bond motifs is 3. The van der Waals surface area contributed by atoms with Gasteiger partial charge in [-0.3, -0.25) is 8.65 Å². The minimum atomic E-state index is 1.01. The third-order valence-corrected chi connectivity index (χ3v) is 4.50. The Labute approximate surface area is 122 Å². The van der Waals surface area contributed by atoms with E-state index >= 15 is 0 Å². The van der Waals surface area contributed by atoms with Gasteiger partial charge in [0.15, 0.2) is 5.65 Å². The second-order valence-corrected chi connectivity index (χ2v) is 5.40. The fourth-order valence-corrected chi connectivity index (χ4v) is 3.87. The molecule has 0 radical (unpaired) electrons. The molecule has 0 aliphatic heterocycles. The first kappa shape index (κ1) is 13.7. The van der Waals surface area contributed by atoms with Crippen LogP contribution in [0.4, 0.5) is 0 Å². The van der Waals surface area contributed by atoms with Crippen LogP contribution in [-0.2, 0) is 7.05 Å². The summed E-state index contributed by atoms with van der Waals surface area (Å²) in [6.45, 7) is 6.09. The van der Waals surface area contributed by atoms with E-state index in [9.17, 15) is 0 Å². The number of nitrogens with zero attached hydrogens (tertiary/aromatic N) is 4. The van der Waals surface area contributed by atoms with E-state index < -0.39 is 0 Å². The first-order chi connectivity index (χ1) is 8.72. The molecule has 96 valence electrons. The summed E-state index contributed by atoms with van der Waals surface area (Å²) in [5.41, 5.74) is 3.36. The van der Waals surface area contributed by atoms with Crippen LogP contribution in [0.15, 0.2) is 18.5 Å². The van der Waals surface area contributed by atoms with Crippen LogP contribution in [0.2, 0.25) is 0 Å². The first-order valence-corrected chi connectivity index (χ1v) is 9.12. The molecule has 6 heteroatoms. The predicted molar refractivity (Wildman–Crippen MR) is 87.1 cm³/mol. The van der Waals surface area contributed by atoms with Crippen molar-refractivity contribution < 1.29 is 0 Å². The van der Waals surface area contributed by atoms with E-state index in [0.717, 1.165) is 16.6 Å². The Balaban J connectivity index is 0.000000574. The summed E-state index contributed by atoms with van der Waals surface area (Å²) in [4.78, 5) is 4.50. The summed E-state index contributed by atoms with van der Waals surface area (Å²) in [6, 6.07) is 2.16. The van der Waals surface area contributed by atoms with E-state index in [1.807, 2.05) is 38.0 Å². The Kier molecular flexibility index (Phi) is 4.16. The molecular formula is C12H15IN4S. The van der Waals surface area contributed by atoms with Crippen LogP contribution < -0.4 is 0 Å². The molecule has 3 aromatic rings. The highest BCUT2D eigenvalue weighted by Gasteiger charge is 2.12. The van der Waals surface area contributed by atoms with Gasteiger partial charge in [-0.25, -0.2) is 4.98 Å². The van der Waals surface area contributed by atoms with Gasteiger partial charge in [0, 0.05) is 60.0 Å². The summed E-state index contributed by atoms with van der Waals surface area (Å²) < 4.78 is 4.03. The molecule has 0 aliphatic carbocycles. The van der Waals surface area contributed by atoms with Gasteiger partial charge in [-0.05, 0) is 13.0 Å². The van der Waals surface area contributed by atoms with Gasteiger partial charge >= 0.3 is 0 Å². The molecule has 0 amide bonds. The second kappa shape index (κ2) is 5.48. The number of aryl methyl sites for hydroxylation is 2. The summed E-state index contributed by atoms with van der Waals surface area (Å²) in [5, 5.41) is 6.52. The molecule has 0 saturated carbocycles. The molecule has 0 atom stereocenters. The molecule has 0 saturated heterocycles. The van der Waals surface area contributed by atoms with Crippen LogP contribution >= 0.6 is 30.3 Å². The summed E-state index contributed by atoms with van der Waals surface area (Å²) in [6.07, 6.45) is 3.74. The van der Waals surface area contributed by atoms with Gasteiger partial charge in [-0.1, -0.05) is 13.8 Å². The number of rotatable bonds is 1. The molecule has 0 aliphatic rings. The SMILES string of the molecule is CC.Cc1cc2c3c(cnc2n1SI)cnn3C. The molecule has 0 unspecified atom stereocenters. The van der Waals surface area contributed by atoms with Crippen molar-refractivity contribution in [3.8, 4) is 0 Å². The van der Waals surface area contributed by atoms with Crippen molar-refractivity contribution in [2.75, 3.05) is 0 Å². The van der Waals surface area contributed by atoms with Crippen molar-refractivity contribution in [1.82, 2.24) is 18.7 Å². The van der Waals surface area contributed by atoms with Gasteiger partial charge in [-0.15, -0.1) is 0 Å². The van der Waals surface area contributed by atoms with Gasteiger partial charge in [0.2, 0.25) is 0 Å². The van der Waals surface area contributed by atoms with Crippen LogP contribution in [0.25, 0.3) is 21.9 Å².